The maximum atomic E-state index is 11.5. The van der Waals surface area contributed by atoms with Gasteiger partial charge >= 0.3 is 17.7 Å². The van der Waals surface area contributed by atoms with E-state index in [0.717, 1.165) is 5.56 Å². The number of rotatable bonds is 7. The van der Waals surface area contributed by atoms with Crippen molar-refractivity contribution in [3.63, 3.8) is 0 Å². The second kappa shape index (κ2) is 7.78. The van der Waals surface area contributed by atoms with Crippen LogP contribution in [0.25, 0.3) is 0 Å². The van der Waals surface area contributed by atoms with Crippen LogP contribution in [0.5, 0.6) is 5.88 Å². The molecule has 122 valence electrons. The highest BCUT2D eigenvalue weighted by Gasteiger charge is 2.19. The van der Waals surface area contributed by atoms with Gasteiger partial charge in [-0.15, -0.1) is 5.10 Å². The lowest BCUT2D eigenvalue weighted by Crippen LogP contribution is -2.27. The Labute approximate surface area is 132 Å². The summed E-state index contributed by atoms with van der Waals surface area (Å²) >= 11 is 0. The van der Waals surface area contributed by atoms with Gasteiger partial charge in [0.2, 0.25) is 0 Å². The third kappa shape index (κ3) is 4.70. The number of nitrogens with zero attached hydrogens (tertiary/aromatic N) is 3. The van der Waals surface area contributed by atoms with E-state index in [1.807, 2.05) is 30.3 Å². The molecule has 0 radical (unpaired) electrons. The Morgan fingerprint density at radius 2 is 2.13 bits per heavy atom. The highest BCUT2D eigenvalue weighted by Crippen LogP contribution is 2.23. The minimum Gasteiger partial charge on any atom is -0.475 e. The number of nitrogens with one attached hydrogen (secondary N) is 1. The summed E-state index contributed by atoms with van der Waals surface area (Å²) in [6.45, 7) is 0.647. The Kier molecular flexibility index (Phi) is 5.50. The normalized spacial score (nSPS) is 10.1. The third-order valence-electron chi connectivity index (χ3n) is 2.92. The van der Waals surface area contributed by atoms with Crippen LogP contribution in [0.15, 0.2) is 36.5 Å². The average molecular weight is 320 g/mol. The van der Waals surface area contributed by atoms with Crippen molar-refractivity contribution in [1.29, 1.82) is 0 Å². The molecule has 0 aliphatic rings. The maximum absolute atomic E-state index is 11.5. The van der Waals surface area contributed by atoms with Gasteiger partial charge in [-0.2, -0.15) is 0 Å². The summed E-state index contributed by atoms with van der Waals surface area (Å²) in [7, 11) is 1.30. The monoisotopic (exact) mass is 320 g/mol. The molecule has 0 aliphatic heterocycles. The Hall–Kier alpha value is -3.10. The van der Waals surface area contributed by atoms with Crippen LogP contribution in [0.1, 0.15) is 5.56 Å². The van der Waals surface area contributed by atoms with Crippen LogP contribution < -0.4 is 10.1 Å². The summed E-state index contributed by atoms with van der Waals surface area (Å²) in [4.78, 5) is 21.7. The van der Waals surface area contributed by atoms with Crippen molar-refractivity contribution in [2.45, 2.75) is 13.2 Å². The van der Waals surface area contributed by atoms with E-state index in [1.165, 1.54) is 18.0 Å². The second-order valence-corrected chi connectivity index (χ2v) is 4.53. The Morgan fingerprint density at radius 1 is 1.39 bits per heavy atom. The number of alkyl carbamates (subject to hydrolysis) is 1. The molecular weight excluding hydrogens is 304 g/mol. The maximum Gasteiger partial charge on any atom is 0.407 e. The van der Waals surface area contributed by atoms with Crippen LogP contribution in [-0.2, 0) is 17.9 Å². The predicted octanol–water partition coefficient (Wildman–Crippen LogP) is 1.73. The fourth-order valence-electron chi connectivity index (χ4n) is 1.82. The first kappa shape index (κ1) is 16.3. The largest absolute Gasteiger partial charge is 0.475 e. The van der Waals surface area contributed by atoms with Crippen molar-refractivity contribution < 1.29 is 19.2 Å². The number of nitro groups is 1. The zero-order valence-corrected chi connectivity index (χ0v) is 12.5. The van der Waals surface area contributed by atoms with Crippen molar-refractivity contribution in [3.8, 4) is 5.88 Å². The van der Waals surface area contributed by atoms with Crippen molar-refractivity contribution in [3.05, 3.63) is 52.2 Å². The standard InChI is InChI=1S/C14H16N4O5/c1-22-13-12(18(20)21)9-17(16-13)8-7-15-14(19)23-10-11-5-3-2-4-6-11/h2-6,9H,7-8,10H2,1H3,(H,15,19). The van der Waals surface area contributed by atoms with Gasteiger partial charge in [0, 0.05) is 6.54 Å². The lowest BCUT2D eigenvalue weighted by molar-refractivity contribution is -0.385. The lowest BCUT2D eigenvalue weighted by Gasteiger charge is -2.07. The predicted molar refractivity (Wildman–Crippen MR) is 80.1 cm³/mol. The van der Waals surface area contributed by atoms with Crippen molar-refractivity contribution in [2.24, 2.45) is 0 Å². The molecule has 0 atom stereocenters. The van der Waals surface area contributed by atoms with Gasteiger partial charge in [-0.05, 0) is 5.56 Å². The highest BCUT2D eigenvalue weighted by molar-refractivity contribution is 5.67. The molecule has 0 bridgehead atoms. The fraction of sp³-hybridized carbons (Fsp3) is 0.286. The van der Waals surface area contributed by atoms with Gasteiger partial charge in [-0.1, -0.05) is 30.3 Å². The quantitative estimate of drug-likeness (QED) is 0.614. The summed E-state index contributed by atoms with van der Waals surface area (Å²) < 4.78 is 11.2. The van der Waals surface area contributed by atoms with Gasteiger partial charge in [0.05, 0.1) is 18.6 Å². The minimum atomic E-state index is -0.579. The van der Waals surface area contributed by atoms with E-state index < -0.39 is 11.0 Å². The molecule has 23 heavy (non-hydrogen) atoms. The number of amides is 1. The number of hydrogen-bond donors (Lipinski definition) is 1. The van der Waals surface area contributed by atoms with Gasteiger partial charge in [0.15, 0.2) is 0 Å². The van der Waals surface area contributed by atoms with Crippen LogP contribution in [0, 0.1) is 10.1 Å². The summed E-state index contributed by atoms with van der Waals surface area (Å²) in [5, 5.41) is 17.2. The molecule has 2 rings (SSSR count). The van der Waals surface area contributed by atoms with Crippen LogP contribution in [0.4, 0.5) is 10.5 Å². The first-order chi connectivity index (χ1) is 11.1. The molecule has 0 unspecified atom stereocenters. The molecular formula is C14H16N4O5. The molecule has 9 nitrogen and oxygen atoms in total. The highest BCUT2D eigenvalue weighted by atomic mass is 16.6. The van der Waals surface area contributed by atoms with Crippen LogP contribution >= 0.6 is 0 Å². The lowest BCUT2D eigenvalue weighted by atomic mass is 10.2. The topological polar surface area (TPSA) is 109 Å². The summed E-state index contributed by atoms with van der Waals surface area (Å²) in [5.41, 5.74) is 0.661. The number of carbonyl (C=O) groups is 1. The van der Waals surface area contributed by atoms with Crippen LogP contribution in [0.2, 0.25) is 0 Å². The van der Waals surface area contributed by atoms with E-state index in [-0.39, 0.29) is 31.3 Å². The Bertz CT molecular complexity index is 671. The van der Waals surface area contributed by atoms with Gasteiger partial charge < -0.3 is 14.8 Å². The molecule has 0 saturated heterocycles. The number of methoxy groups -OCH3 is 1. The Balaban J connectivity index is 1.76. The molecule has 1 N–H and O–H groups in total. The number of hydrogen-bond acceptors (Lipinski definition) is 6. The molecule has 0 fully saturated rings. The van der Waals surface area contributed by atoms with Gasteiger partial charge in [-0.3, -0.25) is 14.8 Å². The zero-order valence-electron chi connectivity index (χ0n) is 12.5. The van der Waals surface area contributed by atoms with Crippen molar-refractivity contribution in [1.82, 2.24) is 15.1 Å². The summed E-state index contributed by atoms with van der Waals surface area (Å²) in [6.07, 6.45) is 0.679. The molecule has 1 amide bonds. The molecule has 1 aromatic heterocycles. The fourth-order valence-corrected chi connectivity index (χ4v) is 1.82. The van der Waals surface area contributed by atoms with Gasteiger partial charge in [-0.25, -0.2) is 4.79 Å². The summed E-state index contributed by atoms with van der Waals surface area (Å²) in [6, 6.07) is 9.29. The van der Waals surface area contributed by atoms with Crippen molar-refractivity contribution in [2.75, 3.05) is 13.7 Å². The zero-order chi connectivity index (χ0) is 16.7. The minimum absolute atomic E-state index is 0.0679. The summed E-state index contributed by atoms with van der Waals surface area (Å²) in [5.74, 6) is -0.0679. The van der Waals surface area contributed by atoms with Crippen LogP contribution in [-0.4, -0.2) is 34.5 Å². The van der Waals surface area contributed by atoms with E-state index in [1.54, 1.807) is 0 Å². The first-order valence-corrected chi connectivity index (χ1v) is 6.80. The molecule has 0 spiro atoms. The molecule has 2 aromatic rings. The number of ether oxygens (including phenoxy) is 2. The molecule has 0 saturated carbocycles. The molecule has 1 heterocycles. The van der Waals surface area contributed by atoms with E-state index in [9.17, 15) is 14.9 Å². The molecule has 1 aromatic carbocycles. The number of aromatic nitrogens is 2. The van der Waals surface area contributed by atoms with E-state index >= 15 is 0 Å². The third-order valence-corrected chi connectivity index (χ3v) is 2.92. The Morgan fingerprint density at radius 3 is 2.74 bits per heavy atom. The first-order valence-electron chi connectivity index (χ1n) is 6.80. The van der Waals surface area contributed by atoms with Crippen LogP contribution in [0.3, 0.4) is 0 Å². The van der Waals surface area contributed by atoms with E-state index in [2.05, 4.69) is 10.4 Å². The average Bonchev–Trinajstić information content (AvgIpc) is 2.97. The molecule has 0 aliphatic carbocycles. The number of benzene rings is 1. The van der Waals surface area contributed by atoms with Crippen molar-refractivity contribution >= 4 is 11.8 Å². The van der Waals surface area contributed by atoms with Gasteiger partial charge in [0.1, 0.15) is 12.8 Å². The molecule has 9 heteroatoms. The van der Waals surface area contributed by atoms with E-state index in [0.29, 0.717) is 0 Å². The SMILES string of the molecule is COc1nn(CCNC(=O)OCc2ccccc2)cc1[N+](=O)[O-]. The number of carbonyl (C=O) groups excluding carboxylic acids is 1. The smallest absolute Gasteiger partial charge is 0.407 e. The second-order valence-electron chi connectivity index (χ2n) is 4.53. The van der Waals surface area contributed by atoms with E-state index in [4.69, 9.17) is 9.47 Å². The van der Waals surface area contributed by atoms with Gasteiger partial charge in [0.25, 0.3) is 0 Å².